The van der Waals surface area contributed by atoms with Crippen LogP contribution in [0.15, 0.2) is 35.7 Å². The number of likely N-dealkylation sites (N-methyl/N-ethyl adjacent to an activating group) is 1. The number of rotatable bonds is 8. The van der Waals surface area contributed by atoms with Crippen molar-refractivity contribution in [2.24, 2.45) is 5.92 Å². The number of benzene rings is 1. The van der Waals surface area contributed by atoms with Crippen molar-refractivity contribution in [3.63, 3.8) is 0 Å². The number of hydrogen-bond donors (Lipinski definition) is 4. The van der Waals surface area contributed by atoms with Gasteiger partial charge in [-0.2, -0.15) is 0 Å². The molecule has 1 aromatic carbocycles. The summed E-state index contributed by atoms with van der Waals surface area (Å²) in [5.41, 5.74) is 3.11. The molecule has 2 aromatic rings. The van der Waals surface area contributed by atoms with E-state index in [0.29, 0.717) is 25.5 Å². The first-order chi connectivity index (χ1) is 18.9. The normalized spacial score (nSPS) is 22.8. The second-order valence-corrected chi connectivity index (χ2v) is 11.2. The van der Waals surface area contributed by atoms with Gasteiger partial charge in [0.2, 0.25) is 11.8 Å². The standard InChI is InChI=1S/C28H35N5O5S/c1-16(29-2)25(34)32-24(17-9-12-38-13-10-17)27(35)33-11-5-8-23(33)26-31-22(15-39-26)19-14-21(28(36)37)30-20-7-4-3-6-18(19)20/h3-4,6-7,14-17,21,23-24,29-30H,5,8-13H2,1-2H3,(H,32,34)(H,36,37)/t16-,21?,23-,24-/m0/s1. The Hall–Kier alpha value is -3.28. The van der Waals surface area contributed by atoms with Crippen LogP contribution in [-0.2, 0) is 19.1 Å². The molecule has 0 aliphatic carbocycles. The molecular formula is C28H35N5O5S. The molecule has 3 aliphatic heterocycles. The van der Waals surface area contributed by atoms with Gasteiger partial charge in [0.25, 0.3) is 0 Å². The zero-order chi connectivity index (χ0) is 27.5. The quantitative estimate of drug-likeness (QED) is 0.392. The van der Waals surface area contributed by atoms with Gasteiger partial charge in [-0.3, -0.25) is 9.59 Å². The Morgan fingerprint density at radius 2 is 1.97 bits per heavy atom. The molecule has 4 N–H and O–H groups in total. The number of nitrogens with one attached hydrogen (secondary N) is 3. The number of amides is 2. The third-order valence-corrected chi connectivity index (χ3v) is 8.82. The number of carboxylic acid groups (broad SMARTS) is 1. The van der Waals surface area contributed by atoms with Gasteiger partial charge in [0, 0.05) is 42.0 Å². The zero-order valence-corrected chi connectivity index (χ0v) is 23.0. The van der Waals surface area contributed by atoms with Crippen LogP contribution in [0, 0.1) is 5.92 Å². The first-order valence-electron chi connectivity index (χ1n) is 13.5. The number of hydrogen-bond acceptors (Lipinski definition) is 8. The molecule has 11 heteroatoms. The molecule has 39 heavy (non-hydrogen) atoms. The van der Waals surface area contributed by atoms with E-state index in [9.17, 15) is 19.5 Å². The molecule has 1 unspecified atom stereocenters. The van der Waals surface area contributed by atoms with Gasteiger partial charge in [-0.15, -0.1) is 11.3 Å². The summed E-state index contributed by atoms with van der Waals surface area (Å²) in [6.07, 6.45) is 4.77. The fourth-order valence-electron chi connectivity index (χ4n) is 5.54. The highest BCUT2D eigenvalue weighted by molar-refractivity contribution is 7.09. The minimum absolute atomic E-state index is 0.0108. The lowest BCUT2D eigenvalue weighted by atomic mass is 9.90. The largest absolute Gasteiger partial charge is 0.479 e. The summed E-state index contributed by atoms with van der Waals surface area (Å²) in [7, 11) is 1.72. The van der Waals surface area contributed by atoms with Crippen molar-refractivity contribution in [3.05, 3.63) is 52.0 Å². The van der Waals surface area contributed by atoms with Crippen molar-refractivity contribution >= 4 is 40.4 Å². The number of carboxylic acids is 1. The Kier molecular flexibility index (Phi) is 8.29. The van der Waals surface area contributed by atoms with Crippen LogP contribution in [0.5, 0.6) is 0 Å². The van der Waals surface area contributed by atoms with Gasteiger partial charge >= 0.3 is 5.97 Å². The SMILES string of the molecule is CN[C@@H](C)C(=O)N[C@H](C(=O)N1CCC[C@H]1c1nc(C2=CC(C(=O)O)Nc3ccccc32)cs1)C1CCOCC1. The maximum absolute atomic E-state index is 14.0. The van der Waals surface area contributed by atoms with Crippen LogP contribution in [-0.4, -0.2) is 77.7 Å². The van der Waals surface area contributed by atoms with Gasteiger partial charge < -0.3 is 30.7 Å². The van der Waals surface area contributed by atoms with E-state index in [1.54, 1.807) is 20.0 Å². The van der Waals surface area contributed by atoms with E-state index in [1.165, 1.54) is 11.3 Å². The first-order valence-corrected chi connectivity index (χ1v) is 14.4. The summed E-state index contributed by atoms with van der Waals surface area (Å²) in [5, 5.41) is 21.5. The van der Waals surface area contributed by atoms with Gasteiger partial charge in [0.1, 0.15) is 17.1 Å². The molecule has 208 valence electrons. The lowest BCUT2D eigenvalue weighted by Gasteiger charge is -2.35. The van der Waals surface area contributed by atoms with E-state index >= 15 is 0 Å². The van der Waals surface area contributed by atoms with Crippen LogP contribution in [0.25, 0.3) is 5.57 Å². The van der Waals surface area contributed by atoms with E-state index in [4.69, 9.17) is 9.72 Å². The van der Waals surface area contributed by atoms with Crippen molar-refractivity contribution in [1.29, 1.82) is 0 Å². The highest BCUT2D eigenvalue weighted by Crippen LogP contribution is 2.39. The van der Waals surface area contributed by atoms with Gasteiger partial charge in [-0.05, 0) is 57.7 Å². The van der Waals surface area contributed by atoms with Gasteiger partial charge in [0.15, 0.2) is 0 Å². The summed E-state index contributed by atoms with van der Waals surface area (Å²) in [5.74, 6) is -1.22. The Balaban J connectivity index is 1.40. The minimum Gasteiger partial charge on any atom is -0.479 e. The molecule has 5 rings (SSSR count). The molecule has 2 saturated heterocycles. The van der Waals surface area contributed by atoms with Crippen LogP contribution in [0.2, 0.25) is 0 Å². The van der Waals surface area contributed by atoms with Gasteiger partial charge in [-0.1, -0.05) is 18.2 Å². The summed E-state index contributed by atoms with van der Waals surface area (Å²) in [4.78, 5) is 45.4. The fraction of sp³-hybridized carbons (Fsp3) is 0.500. The average Bonchev–Trinajstić information content (AvgIpc) is 3.65. The smallest absolute Gasteiger partial charge is 0.330 e. The highest BCUT2D eigenvalue weighted by Gasteiger charge is 2.40. The zero-order valence-electron chi connectivity index (χ0n) is 22.2. The van der Waals surface area contributed by atoms with Gasteiger partial charge in [0.05, 0.1) is 17.8 Å². The van der Waals surface area contributed by atoms with E-state index in [2.05, 4.69) is 16.0 Å². The molecule has 2 fully saturated rings. The van der Waals surface area contributed by atoms with Crippen molar-refractivity contribution in [2.75, 3.05) is 32.1 Å². The third kappa shape index (κ3) is 5.70. The molecule has 0 bridgehead atoms. The first kappa shape index (κ1) is 27.3. The molecule has 1 aromatic heterocycles. The van der Waals surface area contributed by atoms with E-state index < -0.39 is 24.1 Å². The van der Waals surface area contributed by atoms with Crippen LogP contribution >= 0.6 is 11.3 Å². The minimum atomic E-state index is -0.959. The molecule has 4 heterocycles. The highest BCUT2D eigenvalue weighted by atomic mass is 32.1. The Morgan fingerprint density at radius 3 is 2.72 bits per heavy atom. The molecule has 2 amide bonds. The van der Waals surface area contributed by atoms with E-state index in [0.717, 1.165) is 47.5 Å². The number of aliphatic carboxylic acids is 1. The van der Waals surface area contributed by atoms with Crippen LogP contribution in [0.3, 0.4) is 0 Å². The van der Waals surface area contributed by atoms with E-state index in [-0.39, 0.29) is 23.8 Å². The molecule has 0 spiro atoms. The van der Waals surface area contributed by atoms with Gasteiger partial charge in [-0.25, -0.2) is 9.78 Å². The monoisotopic (exact) mass is 553 g/mol. The summed E-state index contributed by atoms with van der Waals surface area (Å²) >= 11 is 1.48. The topological polar surface area (TPSA) is 133 Å². The Labute approximate surface area is 231 Å². The Bertz CT molecular complexity index is 1260. The molecular weight excluding hydrogens is 518 g/mol. The number of anilines is 1. The summed E-state index contributed by atoms with van der Waals surface area (Å²) in [6.45, 7) is 3.53. The van der Waals surface area contributed by atoms with E-state index in [1.807, 2.05) is 34.5 Å². The number of fused-ring (bicyclic) bond motifs is 1. The third-order valence-electron chi connectivity index (χ3n) is 7.87. The lowest BCUT2D eigenvalue weighted by molar-refractivity contribution is -0.140. The summed E-state index contributed by atoms with van der Waals surface area (Å²) < 4.78 is 5.52. The summed E-state index contributed by atoms with van der Waals surface area (Å²) in [6, 6.07) is 5.53. The molecule has 4 atom stereocenters. The van der Waals surface area contributed by atoms with Crippen molar-refractivity contribution in [2.45, 2.75) is 56.8 Å². The van der Waals surface area contributed by atoms with Crippen LogP contribution in [0.1, 0.15) is 54.9 Å². The lowest BCUT2D eigenvalue weighted by Crippen LogP contribution is -2.56. The molecule has 0 saturated carbocycles. The fourth-order valence-corrected chi connectivity index (χ4v) is 6.50. The van der Waals surface area contributed by atoms with Crippen molar-refractivity contribution < 1.29 is 24.2 Å². The number of nitrogens with zero attached hydrogens (tertiary/aromatic N) is 2. The van der Waals surface area contributed by atoms with Crippen LogP contribution in [0.4, 0.5) is 5.69 Å². The van der Waals surface area contributed by atoms with Crippen molar-refractivity contribution in [3.8, 4) is 0 Å². The number of carbonyl (C=O) groups excluding carboxylic acids is 2. The maximum Gasteiger partial charge on any atom is 0.330 e. The number of aromatic nitrogens is 1. The number of carbonyl (C=O) groups is 3. The number of para-hydroxylation sites is 1. The number of ether oxygens (including phenoxy) is 1. The number of likely N-dealkylation sites (tertiary alicyclic amines) is 1. The predicted molar refractivity (Wildman–Crippen MR) is 148 cm³/mol. The predicted octanol–water partition coefficient (Wildman–Crippen LogP) is 2.64. The van der Waals surface area contributed by atoms with Crippen LogP contribution < -0.4 is 16.0 Å². The molecule has 3 aliphatic rings. The average molecular weight is 554 g/mol. The Morgan fingerprint density at radius 1 is 1.21 bits per heavy atom. The second kappa shape index (κ2) is 11.8. The maximum atomic E-state index is 14.0. The second-order valence-electron chi connectivity index (χ2n) is 10.3. The molecule has 0 radical (unpaired) electrons. The van der Waals surface area contributed by atoms with Crippen molar-refractivity contribution in [1.82, 2.24) is 20.5 Å². The number of thiazole rings is 1. The molecule has 10 nitrogen and oxygen atoms in total.